The maximum Gasteiger partial charge on any atom is 0.344 e. The Morgan fingerprint density at radius 2 is 1.43 bits per heavy atom. The fraction of sp³-hybridized carbons (Fsp3) is 0.417. The molecule has 0 aromatic heterocycles. The first-order valence-electron chi connectivity index (χ1n) is 10.2. The summed E-state index contributed by atoms with van der Waals surface area (Å²) in [6.07, 6.45) is 8.08. The van der Waals surface area contributed by atoms with E-state index in [2.05, 4.69) is 6.92 Å². The van der Waals surface area contributed by atoms with E-state index in [0.717, 1.165) is 24.8 Å². The molecule has 0 aliphatic rings. The molecule has 0 amide bonds. The highest BCUT2D eigenvalue weighted by Crippen LogP contribution is 2.17. The van der Waals surface area contributed by atoms with Crippen LogP contribution in [-0.2, 0) is 4.74 Å². The van der Waals surface area contributed by atoms with Gasteiger partial charge < -0.3 is 9.47 Å². The molecule has 0 aliphatic heterocycles. The first-order chi connectivity index (χ1) is 13.6. The van der Waals surface area contributed by atoms with Gasteiger partial charge in [-0.25, -0.2) is 9.59 Å². The number of unbranched alkanes of at least 4 members (excludes halogenated alkanes) is 6. The minimum Gasteiger partial charge on any atom is -0.462 e. The highest BCUT2D eigenvalue weighted by atomic mass is 16.5. The van der Waals surface area contributed by atoms with Crippen LogP contribution in [0.1, 0.15) is 78.1 Å². The molecule has 28 heavy (non-hydrogen) atoms. The molecule has 2 aromatic rings. The molecule has 0 spiro atoms. The van der Waals surface area contributed by atoms with E-state index >= 15 is 0 Å². The second kappa shape index (κ2) is 12.0. The molecule has 0 atom stereocenters. The maximum atomic E-state index is 12.5. The van der Waals surface area contributed by atoms with Crippen LogP contribution >= 0.6 is 0 Å². The smallest absolute Gasteiger partial charge is 0.344 e. The fourth-order valence-electron chi connectivity index (χ4n) is 2.98. The Morgan fingerprint density at radius 1 is 0.786 bits per heavy atom. The van der Waals surface area contributed by atoms with Gasteiger partial charge in [-0.2, -0.15) is 0 Å². The summed E-state index contributed by atoms with van der Waals surface area (Å²) < 4.78 is 10.8. The van der Waals surface area contributed by atoms with E-state index < -0.39 is 11.9 Å². The Morgan fingerprint density at radius 3 is 2.11 bits per heavy atom. The van der Waals surface area contributed by atoms with Crippen LogP contribution in [0.5, 0.6) is 5.75 Å². The number of esters is 2. The third-order valence-electron chi connectivity index (χ3n) is 4.55. The van der Waals surface area contributed by atoms with Gasteiger partial charge in [-0.15, -0.1) is 0 Å². The molecular formula is C24H30O4. The molecule has 0 aliphatic carbocycles. The number of hydrogen-bond donors (Lipinski definition) is 0. The van der Waals surface area contributed by atoms with Crippen LogP contribution in [0.3, 0.4) is 0 Å². The Labute approximate surface area is 167 Å². The summed E-state index contributed by atoms with van der Waals surface area (Å²) in [4.78, 5) is 24.9. The minimum absolute atomic E-state index is 0.216. The second-order valence-electron chi connectivity index (χ2n) is 7.01. The molecule has 0 N–H and O–H groups in total. The largest absolute Gasteiger partial charge is 0.462 e. The Kier molecular flexibility index (Phi) is 9.26. The van der Waals surface area contributed by atoms with Crippen molar-refractivity contribution in [1.29, 1.82) is 0 Å². The van der Waals surface area contributed by atoms with Crippen LogP contribution in [-0.4, -0.2) is 18.5 Å². The number of carbonyl (C=O) groups excluding carboxylic acids is 2. The molecule has 0 fully saturated rings. The fourth-order valence-corrected chi connectivity index (χ4v) is 2.98. The number of rotatable bonds is 11. The van der Waals surface area contributed by atoms with Gasteiger partial charge >= 0.3 is 11.9 Å². The van der Waals surface area contributed by atoms with Gasteiger partial charge in [0.05, 0.1) is 17.7 Å². The van der Waals surface area contributed by atoms with Gasteiger partial charge in [0.25, 0.3) is 0 Å². The van der Waals surface area contributed by atoms with Gasteiger partial charge in [-0.05, 0) is 43.2 Å². The number of carbonyl (C=O) groups is 2. The lowest BCUT2D eigenvalue weighted by atomic mass is 10.1. The average Bonchev–Trinajstić information content (AvgIpc) is 2.70. The van der Waals surface area contributed by atoms with Crippen molar-refractivity contribution < 1.29 is 19.1 Å². The van der Waals surface area contributed by atoms with Crippen LogP contribution in [0.25, 0.3) is 0 Å². The molecule has 0 unspecified atom stereocenters. The highest BCUT2D eigenvalue weighted by Gasteiger charge is 2.19. The van der Waals surface area contributed by atoms with Gasteiger partial charge in [0.2, 0.25) is 0 Å². The molecule has 2 rings (SSSR count). The lowest BCUT2D eigenvalue weighted by Gasteiger charge is -2.10. The summed E-state index contributed by atoms with van der Waals surface area (Å²) in [7, 11) is 0. The van der Waals surface area contributed by atoms with E-state index in [1.54, 1.807) is 36.4 Å². The molecule has 150 valence electrons. The predicted octanol–water partition coefficient (Wildman–Crippen LogP) is 6.12. The molecule has 0 bridgehead atoms. The molecular weight excluding hydrogens is 352 g/mol. The van der Waals surface area contributed by atoms with Crippen LogP contribution in [0.2, 0.25) is 0 Å². The monoisotopic (exact) mass is 382 g/mol. The topological polar surface area (TPSA) is 52.6 Å². The maximum absolute atomic E-state index is 12.5. The average molecular weight is 383 g/mol. The van der Waals surface area contributed by atoms with Crippen molar-refractivity contribution in [3.8, 4) is 5.75 Å². The zero-order valence-electron chi connectivity index (χ0n) is 16.9. The van der Waals surface area contributed by atoms with Gasteiger partial charge in [0.15, 0.2) is 0 Å². The molecule has 2 aromatic carbocycles. The van der Waals surface area contributed by atoms with Crippen LogP contribution in [0.15, 0.2) is 48.5 Å². The van der Waals surface area contributed by atoms with Crippen molar-refractivity contribution in [2.24, 2.45) is 0 Å². The highest BCUT2D eigenvalue weighted by molar-refractivity contribution is 6.03. The van der Waals surface area contributed by atoms with Crippen molar-refractivity contribution in [2.45, 2.75) is 58.8 Å². The second-order valence-corrected chi connectivity index (χ2v) is 7.01. The molecule has 4 nitrogen and oxygen atoms in total. The summed E-state index contributed by atoms with van der Waals surface area (Å²) in [5.41, 5.74) is 1.45. The Balaban J connectivity index is 1.86. The SMILES string of the molecule is CCCCCCCCCOC(=O)c1ccccc1C(=O)Oc1cccc(C)c1. The summed E-state index contributed by atoms with van der Waals surface area (Å²) in [5, 5.41) is 0. The zero-order chi connectivity index (χ0) is 20.2. The molecule has 0 heterocycles. The van der Waals surface area contributed by atoms with Gasteiger partial charge in [-0.1, -0.05) is 69.7 Å². The molecule has 0 radical (unpaired) electrons. The van der Waals surface area contributed by atoms with Crippen LogP contribution in [0, 0.1) is 6.92 Å². The third-order valence-corrected chi connectivity index (χ3v) is 4.55. The summed E-state index contributed by atoms with van der Waals surface area (Å²) in [6.45, 7) is 4.49. The quantitative estimate of drug-likeness (QED) is 0.267. The van der Waals surface area contributed by atoms with Crippen molar-refractivity contribution >= 4 is 11.9 Å². The van der Waals surface area contributed by atoms with E-state index in [0.29, 0.717) is 12.4 Å². The molecule has 0 saturated heterocycles. The summed E-state index contributed by atoms with van der Waals surface area (Å²) >= 11 is 0. The number of hydrogen-bond acceptors (Lipinski definition) is 4. The lowest BCUT2D eigenvalue weighted by Crippen LogP contribution is -2.16. The first-order valence-corrected chi connectivity index (χ1v) is 10.2. The van der Waals surface area contributed by atoms with Crippen molar-refractivity contribution in [3.05, 3.63) is 65.2 Å². The van der Waals surface area contributed by atoms with Crippen molar-refractivity contribution in [2.75, 3.05) is 6.61 Å². The lowest BCUT2D eigenvalue weighted by molar-refractivity contribution is 0.0489. The Hall–Kier alpha value is -2.62. The molecule has 0 saturated carbocycles. The summed E-state index contributed by atoms with van der Waals surface area (Å²) in [5.74, 6) is -0.590. The van der Waals surface area contributed by atoms with Gasteiger partial charge in [0, 0.05) is 0 Å². The normalized spacial score (nSPS) is 10.5. The predicted molar refractivity (Wildman–Crippen MR) is 111 cm³/mol. The van der Waals surface area contributed by atoms with Crippen LogP contribution < -0.4 is 4.74 Å². The van der Waals surface area contributed by atoms with E-state index in [4.69, 9.17) is 9.47 Å². The van der Waals surface area contributed by atoms with Crippen LogP contribution in [0.4, 0.5) is 0 Å². The van der Waals surface area contributed by atoms with E-state index in [9.17, 15) is 9.59 Å². The molecule has 4 heteroatoms. The zero-order valence-corrected chi connectivity index (χ0v) is 16.9. The Bertz CT molecular complexity index is 767. The third kappa shape index (κ3) is 7.18. The first kappa shape index (κ1) is 21.7. The standard InChI is InChI=1S/C24H30O4/c1-3-4-5-6-7-8-11-17-27-23(25)21-15-9-10-16-22(21)24(26)28-20-14-12-13-19(2)18-20/h9-10,12-16,18H,3-8,11,17H2,1-2H3. The number of aryl methyl sites for hydroxylation is 1. The minimum atomic E-state index is -0.561. The number of ether oxygens (including phenoxy) is 2. The van der Waals surface area contributed by atoms with E-state index in [1.807, 2.05) is 19.1 Å². The van der Waals surface area contributed by atoms with Crippen molar-refractivity contribution in [3.63, 3.8) is 0 Å². The number of benzene rings is 2. The van der Waals surface area contributed by atoms with E-state index in [-0.39, 0.29) is 11.1 Å². The van der Waals surface area contributed by atoms with Crippen molar-refractivity contribution in [1.82, 2.24) is 0 Å². The summed E-state index contributed by atoms with van der Waals surface area (Å²) in [6, 6.07) is 13.8. The van der Waals surface area contributed by atoms with E-state index in [1.165, 1.54) is 25.7 Å². The van der Waals surface area contributed by atoms with Gasteiger partial charge in [-0.3, -0.25) is 0 Å². The van der Waals surface area contributed by atoms with Gasteiger partial charge in [0.1, 0.15) is 5.75 Å².